The van der Waals surface area contributed by atoms with E-state index in [2.05, 4.69) is 10.3 Å². The zero-order valence-corrected chi connectivity index (χ0v) is 20.7. The summed E-state index contributed by atoms with van der Waals surface area (Å²) in [7, 11) is 0. The summed E-state index contributed by atoms with van der Waals surface area (Å²) in [5.74, 6) is -0.617. The summed E-state index contributed by atoms with van der Waals surface area (Å²) < 4.78 is 0. The van der Waals surface area contributed by atoms with Gasteiger partial charge in [0.1, 0.15) is 5.25 Å². The maximum atomic E-state index is 12.7. The van der Waals surface area contributed by atoms with Crippen LogP contribution in [0.1, 0.15) is 30.0 Å². The number of carbonyl (C=O) groups is 2. The molecule has 2 aliphatic rings. The van der Waals surface area contributed by atoms with Gasteiger partial charge in [-0.15, -0.1) is 0 Å². The van der Waals surface area contributed by atoms with Gasteiger partial charge in [0.05, 0.1) is 11.8 Å². The number of hydrogen-bond acceptors (Lipinski definition) is 5. The van der Waals surface area contributed by atoms with E-state index < -0.39 is 5.25 Å². The highest BCUT2D eigenvalue weighted by atomic mass is 35.5. The van der Waals surface area contributed by atoms with E-state index in [-0.39, 0.29) is 24.3 Å². The van der Waals surface area contributed by atoms with Crippen molar-refractivity contribution in [3.05, 3.63) is 100 Å². The Balaban J connectivity index is 1.34. The molecule has 3 aromatic rings. The average molecular weight is 523 g/mol. The normalized spacial score (nSPS) is 19.5. The molecule has 1 N–H and O–H groups in total. The maximum Gasteiger partial charge on any atom is 0.262 e. The van der Waals surface area contributed by atoms with E-state index in [0.717, 1.165) is 16.8 Å². The molecule has 2 aliphatic heterocycles. The molecule has 0 unspecified atom stereocenters. The van der Waals surface area contributed by atoms with Gasteiger partial charge in [-0.3, -0.25) is 9.59 Å². The van der Waals surface area contributed by atoms with Gasteiger partial charge in [-0.2, -0.15) is 10.1 Å². The van der Waals surface area contributed by atoms with Crippen LogP contribution in [0.5, 0.6) is 0 Å². The summed E-state index contributed by atoms with van der Waals surface area (Å²) in [6.45, 7) is 0. The van der Waals surface area contributed by atoms with E-state index in [1.54, 1.807) is 29.3 Å². The standard InChI is InChI=1S/C26H20Cl2N4O2S/c27-18-11-9-16(10-12-18)21-14-22(17-5-2-1-3-6-17)32(31-21)26-30-25(34)23(35-26)15-24(33)29-20-8-4-7-19(28)13-20/h1-13,22-23H,14-15H2,(H,29,33)/t22-,23-/m1/s1. The Morgan fingerprint density at radius 2 is 1.77 bits per heavy atom. The van der Waals surface area contributed by atoms with E-state index in [1.165, 1.54) is 11.8 Å². The first-order valence-electron chi connectivity index (χ1n) is 11.0. The lowest BCUT2D eigenvalue weighted by atomic mass is 9.99. The molecule has 0 fully saturated rings. The molecule has 0 radical (unpaired) electrons. The second kappa shape index (κ2) is 10.2. The summed E-state index contributed by atoms with van der Waals surface area (Å²) in [6, 6.07) is 24.3. The summed E-state index contributed by atoms with van der Waals surface area (Å²) in [5.41, 5.74) is 3.50. The fourth-order valence-electron chi connectivity index (χ4n) is 3.99. The first-order chi connectivity index (χ1) is 17.0. The molecule has 9 heteroatoms. The Morgan fingerprint density at radius 3 is 2.51 bits per heavy atom. The second-order valence-corrected chi connectivity index (χ2v) is 10.2. The average Bonchev–Trinajstić information content (AvgIpc) is 3.44. The highest BCUT2D eigenvalue weighted by Gasteiger charge is 2.39. The van der Waals surface area contributed by atoms with Crippen LogP contribution in [0.4, 0.5) is 5.69 Å². The van der Waals surface area contributed by atoms with Crippen molar-refractivity contribution in [3.8, 4) is 0 Å². The topological polar surface area (TPSA) is 74.1 Å². The number of anilines is 1. The zero-order chi connectivity index (χ0) is 24.4. The molecule has 3 aromatic carbocycles. The van der Waals surface area contributed by atoms with Gasteiger partial charge in [0.25, 0.3) is 5.91 Å². The van der Waals surface area contributed by atoms with Crippen molar-refractivity contribution in [3.63, 3.8) is 0 Å². The molecule has 0 saturated carbocycles. The Bertz CT molecular complexity index is 1330. The van der Waals surface area contributed by atoms with Crippen LogP contribution in [-0.2, 0) is 9.59 Å². The van der Waals surface area contributed by atoms with E-state index in [4.69, 9.17) is 28.3 Å². The molecule has 6 nitrogen and oxygen atoms in total. The molecule has 2 atom stereocenters. The lowest BCUT2D eigenvalue weighted by Gasteiger charge is -2.23. The maximum absolute atomic E-state index is 12.7. The number of halogens is 2. The molecule has 2 amide bonds. The van der Waals surface area contributed by atoms with E-state index >= 15 is 0 Å². The van der Waals surface area contributed by atoms with Gasteiger partial charge in [-0.05, 0) is 41.5 Å². The second-order valence-electron chi connectivity index (χ2n) is 8.13. The predicted octanol–water partition coefficient (Wildman–Crippen LogP) is 6.17. The molecule has 0 aliphatic carbocycles. The molecular formula is C26H20Cl2N4O2S. The number of rotatable bonds is 5. The Labute approximate surface area is 217 Å². The van der Waals surface area contributed by atoms with Crippen LogP contribution in [0.3, 0.4) is 0 Å². The number of thioether (sulfide) groups is 1. The monoisotopic (exact) mass is 522 g/mol. The van der Waals surface area contributed by atoms with Gasteiger partial charge in [0, 0.05) is 28.6 Å². The minimum absolute atomic E-state index is 0.000608. The summed E-state index contributed by atoms with van der Waals surface area (Å²) in [5, 5.41) is 10.5. The highest BCUT2D eigenvalue weighted by Crippen LogP contribution is 2.38. The Hall–Kier alpha value is -3.13. The molecule has 176 valence electrons. The number of amides is 2. The van der Waals surface area contributed by atoms with Crippen LogP contribution in [0.25, 0.3) is 0 Å². The van der Waals surface area contributed by atoms with Crippen molar-refractivity contribution >= 4 is 63.3 Å². The van der Waals surface area contributed by atoms with Crippen LogP contribution in [0.15, 0.2) is 89.0 Å². The van der Waals surface area contributed by atoms with Gasteiger partial charge >= 0.3 is 0 Å². The van der Waals surface area contributed by atoms with E-state index in [9.17, 15) is 9.59 Å². The predicted molar refractivity (Wildman–Crippen MR) is 142 cm³/mol. The number of hydrazone groups is 1. The molecule has 0 spiro atoms. The summed E-state index contributed by atoms with van der Waals surface area (Å²) >= 11 is 13.3. The summed E-state index contributed by atoms with van der Waals surface area (Å²) in [6.07, 6.45) is 0.653. The molecule has 2 heterocycles. The molecule has 35 heavy (non-hydrogen) atoms. The van der Waals surface area contributed by atoms with Crippen molar-refractivity contribution in [1.82, 2.24) is 5.01 Å². The van der Waals surface area contributed by atoms with E-state index in [0.29, 0.717) is 27.3 Å². The molecule has 0 aromatic heterocycles. The lowest BCUT2D eigenvalue weighted by Crippen LogP contribution is -2.25. The fourth-order valence-corrected chi connectivity index (χ4v) is 5.37. The molecular weight excluding hydrogens is 503 g/mol. The van der Waals surface area contributed by atoms with Crippen molar-refractivity contribution in [2.75, 3.05) is 5.32 Å². The van der Waals surface area contributed by atoms with Crippen molar-refractivity contribution in [2.45, 2.75) is 24.1 Å². The van der Waals surface area contributed by atoms with Gasteiger partial charge in [-0.1, -0.05) is 83.5 Å². The minimum Gasteiger partial charge on any atom is -0.326 e. The highest BCUT2D eigenvalue weighted by molar-refractivity contribution is 8.15. The van der Waals surface area contributed by atoms with Gasteiger partial charge in [0.2, 0.25) is 5.91 Å². The van der Waals surface area contributed by atoms with Crippen molar-refractivity contribution < 1.29 is 9.59 Å². The summed E-state index contributed by atoms with van der Waals surface area (Å²) in [4.78, 5) is 29.6. The van der Waals surface area contributed by atoms with Crippen LogP contribution < -0.4 is 5.32 Å². The van der Waals surface area contributed by atoms with Gasteiger partial charge < -0.3 is 5.32 Å². The Morgan fingerprint density at radius 1 is 1.00 bits per heavy atom. The number of nitrogens with one attached hydrogen (secondary N) is 1. The number of aliphatic imine (C=N–C) groups is 1. The quantitative estimate of drug-likeness (QED) is 0.434. The number of nitrogens with zero attached hydrogens (tertiary/aromatic N) is 3. The number of hydrogen-bond donors (Lipinski definition) is 1. The largest absolute Gasteiger partial charge is 0.326 e. The number of carbonyl (C=O) groups excluding carboxylic acids is 2. The lowest BCUT2D eigenvalue weighted by molar-refractivity contribution is -0.121. The number of amidine groups is 1. The zero-order valence-electron chi connectivity index (χ0n) is 18.4. The third-order valence-electron chi connectivity index (χ3n) is 5.68. The fraction of sp³-hybridized carbons (Fsp3) is 0.154. The third kappa shape index (κ3) is 5.42. The molecule has 0 bridgehead atoms. The smallest absolute Gasteiger partial charge is 0.262 e. The van der Waals surface area contributed by atoms with Gasteiger partial charge in [0.15, 0.2) is 5.17 Å². The van der Waals surface area contributed by atoms with Gasteiger partial charge in [-0.25, -0.2) is 5.01 Å². The van der Waals surface area contributed by atoms with Crippen LogP contribution >= 0.6 is 35.0 Å². The van der Waals surface area contributed by atoms with Crippen molar-refractivity contribution in [2.24, 2.45) is 10.1 Å². The third-order valence-corrected chi connectivity index (χ3v) is 7.31. The Kier molecular flexibility index (Phi) is 6.90. The first-order valence-corrected chi connectivity index (χ1v) is 12.6. The minimum atomic E-state index is -0.615. The van der Waals surface area contributed by atoms with Crippen LogP contribution in [0.2, 0.25) is 10.0 Å². The first kappa shape index (κ1) is 23.6. The van der Waals surface area contributed by atoms with E-state index in [1.807, 2.05) is 54.6 Å². The molecule has 5 rings (SSSR count). The van der Waals surface area contributed by atoms with Crippen LogP contribution in [-0.4, -0.2) is 33.0 Å². The SMILES string of the molecule is O=C(C[C@H]1SC(N2N=C(c3ccc(Cl)cc3)C[C@@H]2c2ccccc2)=NC1=O)Nc1cccc(Cl)c1. The van der Waals surface area contributed by atoms with Crippen molar-refractivity contribution in [1.29, 1.82) is 0 Å². The van der Waals surface area contributed by atoms with Crippen LogP contribution in [0, 0.1) is 0 Å². The molecule has 0 saturated heterocycles. The number of benzene rings is 3.